The zero-order chi connectivity index (χ0) is 21.2. The van der Waals surface area contributed by atoms with Gasteiger partial charge in [-0.25, -0.2) is 17.2 Å². The van der Waals surface area contributed by atoms with Crippen LogP contribution in [-0.4, -0.2) is 44.2 Å². The summed E-state index contributed by atoms with van der Waals surface area (Å²) in [5.74, 6) is -2.35. The van der Waals surface area contributed by atoms with Crippen LogP contribution in [0.15, 0.2) is 47.4 Å². The third-order valence-corrected chi connectivity index (χ3v) is 6.35. The van der Waals surface area contributed by atoms with Gasteiger partial charge in [-0.2, -0.15) is 4.31 Å². The highest BCUT2D eigenvalue weighted by Gasteiger charge is 2.29. The molecule has 1 atom stereocenters. The van der Waals surface area contributed by atoms with Gasteiger partial charge in [0.25, 0.3) is 5.91 Å². The summed E-state index contributed by atoms with van der Waals surface area (Å²) in [5, 5.41) is 5.07. The van der Waals surface area contributed by atoms with E-state index in [1.54, 1.807) is 0 Å². The number of sulfonamides is 1. The molecule has 1 saturated heterocycles. The molecule has 154 valence electrons. The number of piperazine rings is 1. The Morgan fingerprint density at radius 3 is 2.69 bits per heavy atom. The first-order valence-electron chi connectivity index (χ1n) is 8.81. The van der Waals surface area contributed by atoms with E-state index >= 15 is 0 Å². The number of benzene rings is 2. The predicted octanol–water partition coefficient (Wildman–Crippen LogP) is 1.58. The highest BCUT2D eigenvalue weighted by atomic mass is 32.2. The van der Waals surface area contributed by atoms with E-state index in [-0.39, 0.29) is 35.7 Å². The summed E-state index contributed by atoms with van der Waals surface area (Å²) < 4.78 is 53.8. The average Bonchev–Trinajstić information content (AvgIpc) is 2.69. The minimum absolute atomic E-state index is 0.0264. The van der Waals surface area contributed by atoms with E-state index in [2.05, 4.69) is 10.6 Å². The quantitative estimate of drug-likeness (QED) is 0.763. The molecule has 7 nitrogen and oxygen atoms in total. The van der Waals surface area contributed by atoms with Crippen molar-refractivity contribution < 1.29 is 26.8 Å². The van der Waals surface area contributed by atoms with Crippen molar-refractivity contribution in [1.82, 2.24) is 14.9 Å². The Morgan fingerprint density at radius 1 is 1.21 bits per heavy atom. The van der Waals surface area contributed by atoms with Crippen molar-refractivity contribution in [3.05, 3.63) is 65.2 Å². The van der Waals surface area contributed by atoms with Crippen molar-refractivity contribution in [3.63, 3.8) is 0 Å². The largest absolute Gasteiger partial charge is 0.354 e. The summed E-state index contributed by atoms with van der Waals surface area (Å²) in [6.45, 7) is 1.52. The molecule has 0 bridgehead atoms. The first kappa shape index (κ1) is 20.9. The molecule has 0 saturated carbocycles. The van der Waals surface area contributed by atoms with E-state index in [1.807, 2.05) is 0 Å². The number of rotatable bonds is 5. The minimum atomic E-state index is -3.96. The lowest BCUT2D eigenvalue weighted by atomic mass is 10.1. The lowest BCUT2D eigenvalue weighted by Gasteiger charge is -2.26. The van der Waals surface area contributed by atoms with Gasteiger partial charge in [0.15, 0.2) is 0 Å². The zero-order valence-corrected chi connectivity index (χ0v) is 16.3. The summed E-state index contributed by atoms with van der Waals surface area (Å²) in [4.78, 5) is 23.9. The number of nitrogens with one attached hydrogen (secondary N) is 2. The van der Waals surface area contributed by atoms with Crippen LogP contribution >= 0.6 is 0 Å². The normalized spacial score (nSPS) is 16.2. The van der Waals surface area contributed by atoms with Gasteiger partial charge in [0.2, 0.25) is 15.9 Å². The third kappa shape index (κ3) is 4.60. The maximum Gasteiger partial charge on any atom is 0.251 e. The van der Waals surface area contributed by atoms with Crippen molar-refractivity contribution in [2.75, 3.05) is 19.6 Å². The van der Waals surface area contributed by atoms with Gasteiger partial charge in [-0.1, -0.05) is 6.07 Å². The van der Waals surface area contributed by atoms with Gasteiger partial charge in [0.1, 0.15) is 11.6 Å². The molecule has 1 aliphatic heterocycles. The monoisotopic (exact) mass is 423 g/mol. The number of halogens is 2. The van der Waals surface area contributed by atoms with E-state index < -0.39 is 39.5 Å². The van der Waals surface area contributed by atoms with Gasteiger partial charge in [0.05, 0.1) is 17.5 Å². The van der Waals surface area contributed by atoms with Crippen LogP contribution < -0.4 is 10.6 Å². The van der Waals surface area contributed by atoms with Crippen LogP contribution in [0.3, 0.4) is 0 Å². The molecule has 1 fully saturated rings. The lowest BCUT2D eigenvalue weighted by molar-refractivity contribution is -0.122. The number of amides is 2. The number of nitrogens with zero attached hydrogens (tertiary/aromatic N) is 1. The van der Waals surface area contributed by atoms with E-state index in [0.717, 1.165) is 22.5 Å². The van der Waals surface area contributed by atoms with Crippen molar-refractivity contribution in [2.24, 2.45) is 0 Å². The van der Waals surface area contributed by atoms with Crippen molar-refractivity contribution in [1.29, 1.82) is 0 Å². The first-order valence-corrected chi connectivity index (χ1v) is 10.2. The SMILES string of the molecule is CC(NC(=O)c1cccc(S(=O)(=O)N2CCNC(=O)C2)c1)c1cc(F)ccc1F. The standard InChI is InChI=1S/C19H19F2N3O4S/c1-12(16-10-14(20)5-6-17(16)21)23-19(26)13-3-2-4-15(9-13)29(27,28)24-8-7-22-18(25)11-24/h2-6,9-10,12H,7-8,11H2,1H3,(H,22,25)(H,23,26). The van der Waals surface area contributed by atoms with Gasteiger partial charge >= 0.3 is 0 Å². The van der Waals surface area contributed by atoms with E-state index in [4.69, 9.17) is 0 Å². The maximum atomic E-state index is 13.9. The Bertz CT molecular complexity index is 1060. The zero-order valence-electron chi connectivity index (χ0n) is 15.5. The van der Waals surface area contributed by atoms with Crippen LogP contribution in [0.2, 0.25) is 0 Å². The van der Waals surface area contributed by atoms with Gasteiger partial charge in [0, 0.05) is 24.2 Å². The number of hydrogen-bond donors (Lipinski definition) is 2. The van der Waals surface area contributed by atoms with E-state index in [9.17, 15) is 26.8 Å². The molecule has 2 N–H and O–H groups in total. The molecule has 2 amide bonds. The topological polar surface area (TPSA) is 95.6 Å². The van der Waals surface area contributed by atoms with Crippen LogP contribution in [0.25, 0.3) is 0 Å². The summed E-state index contributed by atoms with van der Waals surface area (Å²) in [5.41, 5.74) is 0.0117. The predicted molar refractivity (Wildman–Crippen MR) is 100 cm³/mol. The van der Waals surface area contributed by atoms with Crippen LogP contribution in [0.4, 0.5) is 8.78 Å². The Hall–Kier alpha value is -2.85. The molecular weight excluding hydrogens is 404 g/mol. The number of carbonyl (C=O) groups is 2. The Labute approximate surface area is 166 Å². The molecule has 1 heterocycles. The molecule has 0 radical (unpaired) electrons. The molecular formula is C19H19F2N3O4S. The highest BCUT2D eigenvalue weighted by Crippen LogP contribution is 2.21. The Balaban J connectivity index is 1.80. The van der Waals surface area contributed by atoms with Crippen molar-refractivity contribution in [2.45, 2.75) is 17.9 Å². The van der Waals surface area contributed by atoms with Gasteiger partial charge < -0.3 is 10.6 Å². The molecule has 10 heteroatoms. The fourth-order valence-corrected chi connectivity index (χ4v) is 4.41. The molecule has 0 spiro atoms. The lowest BCUT2D eigenvalue weighted by Crippen LogP contribution is -2.49. The molecule has 2 aromatic rings. The summed E-state index contributed by atoms with van der Waals surface area (Å²) >= 11 is 0. The molecule has 2 aromatic carbocycles. The second-order valence-corrected chi connectivity index (χ2v) is 8.52. The molecule has 0 aliphatic carbocycles. The molecule has 1 aliphatic rings. The molecule has 3 rings (SSSR count). The van der Waals surface area contributed by atoms with Crippen molar-refractivity contribution in [3.8, 4) is 0 Å². The summed E-state index contributed by atoms with van der Waals surface area (Å²) in [7, 11) is -3.96. The minimum Gasteiger partial charge on any atom is -0.354 e. The average molecular weight is 423 g/mol. The van der Waals surface area contributed by atoms with E-state index in [0.29, 0.717) is 0 Å². The first-order chi connectivity index (χ1) is 13.7. The van der Waals surface area contributed by atoms with Crippen LogP contribution in [0.5, 0.6) is 0 Å². The van der Waals surface area contributed by atoms with E-state index in [1.165, 1.54) is 31.2 Å². The molecule has 29 heavy (non-hydrogen) atoms. The van der Waals surface area contributed by atoms with Crippen LogP contribution in [0.1, 0.15) is 28.9 Å². The number of carbonyl (C=O) groups excluding carboxylic acids is 2. The summed E-state index contributed by atoms with van der Waals surface area (Å²) in [6, 6.07) is 7.41. The Morgan fingerprint density at radius 2 is 1.97 bits per heavy atom. The van der Waals surface area contributed by atoms with Gasteiger partial charge in [-0.05, 0) is 43.3 Å². The molecule has 0 aromatic heterocycles. The summed E-state index contributed by atoms with van der Waals surface area (Å²) in [6.07, 6.45) is 0. The smallest absolute Gasteiger partial charge is 0.251 e. The van der Waals surface area contributed by atoms with Gasteiger partial charge in [-0.15, -0.1) is 0 Å². The van der Waals surface area contributed by atoms with Crippen molar-refractivity contribution >= 4 is 21.8 Å². The molecule has 1 unspecified atom stereocenters. The number of hydrogen-bond acceptors (Lipinski definition) is 4. The van der Waals surface area contributed by atoms with Crippen LogP contribution in [-0.2, 0) is 14.8 Å². The maximum absolute atomic E-state index is 13.9. The van der Waals surface area contributed by atoms with Gasteiger partial charge in [-0.3, -0.25) is 9.59 Å². The highest BCUT2D eigenvalue weighted by molar-refractivity contribution is 7.89. The second kappa shape index (κ2) is 8.26. The second-order valence-electron chi connectivity index (χ2n) is 6.58. The fourth-order valence-electron chi connectivity index (χ4n) is 2.97. The fraction of sp³-hybridized carbons (Fsp3) is 0.263. The van der Waals surface area contributed by atoms with Crippen LogP contribution in [0, 0.1) is 11.6 Å². The Kier molecular flexibility index (Phi) is 5.94. The third-order valence-electron chi connectivity index (χ3n) is 4.51.